The van der Waals surface area contributed by atoms with Crippen LogP contribution in [0.4, 0.5) is 0 Å². The van der Waals surface area contributed by atoms with Crippen LogP contribution in [0.25, 0.3) is 10.9 Å². The van der Waals surface area contributed by atoms with Gasteiger partial charge in [0.25, 0.3) is 0 Å². The number of aromatic nitrogens is 1. The highest BCUT2D eigenvalue weighted by molar-refractivity contribution is 6.31. The smallest absolute Gasteiger partial charge is 0.0484 e. The van der Waals surface area contributed by atoms with Crippen molar-refractivity contribution in [1.82, 2.24) is 4.57 Å². The monoisotopic (exact) mass is 219 g/mol. The number of benzene rings is 1. The lowest BCUT2D eigenvalue weighted by molar-refractivity contribution is 0.790. The number of fused-ring (bicyclic) bond motifs is 1. The summed E-state index contributed by atoms with van der Waals surface area (Å²) in [6, 6.07) is 8.06. The van der Waals surface area contributed by atoms with Crippen molar-refractivity contribution in [1.29, 1.82) is 0 Å². The number of rotatable bonds is 3. The fourth-order valence-electron chi connectivity index (χ4n) is 1.66. The Hall–Kier alpha value is -1.21. The van der Waals surface area contributed by atoms with Crippen LogP contribution < -0.4 is 0 Å². The molecule has 0 spiro atoms. The van der Waals surface area contributed by atoms with Gasteiger partial charge >= 0.3 is 0 Å². The first-order valence-electron chi connectivity index (χ1n) is 5.11. The molecule has 1 aromatic carbocycles. The maximum atomic E-state index is 5.93. The van der Waals surface area contributed by atoms with E-state index in [1.54, 1.807) is 0 Å². The normalized spacial score (nSPS) is 10.8. The van der Waals surface area contributed by atoms with Gasteiger partial charge in [0.05, 0.1) is 0 Å². The maximum Gasteiger partial charge on any atom is 0.0484 e. The van der Waals surface area contributed by atoms with Crippen molar-refractivity contribution in [2.24, 2.45) is 0 Å². The van der Waals surface area contributed by atoms with Gasteiger partial charge in [-0.05, 0) is 30.7 Å². The Morgan fingerprint density at radius 1 is 1.40 bits per heavy atom. The molecule has 0 bridgehead atoms. The van der Waals surface area contributed by atoms with E-state index in [0.717, 1.165) is 18.0 Å². The van der Waals surface area contributed by atoms with Crippen LogP contribution in [0, 0.1) is 0 Å². The minimum Gasteiger partial charge on any atom is -0.343 e. The molecule has 0 aliphatic rings. The van der Waals surface area contributed by atoms with Crippen molar-refractivity contribution in [3.05, 3.63) is 47.6 Å². The molecule has 15 heavy (non-hydrogen) atoms. The fraction of sp³-hybridized carbons (Fsp3) is 0.231. The zero-order chi connectivity index (χ0) is 10.8. The second-order valence-electron chi connectivity index (χ2n) is 3.75. The third-order valence-corrected chi connectivity index (χ3v) is 2.86. The van der Waals surface area contributed by atoms with Gasteiger partial charge in [0.15, 0.2) is 0 Å². The van der Waals surface area contributed by atoms with Gasteiger partial charge in [-0.1, -0.05) is 30.7 Å². The van der Waals surface area contributed by atoms with Crippen LogP contribution in [0.5, 0.6) is 0 Å². The summed E-state index contributed by atoms with van der Waals surface area (Å²) >= 11 is 5.93. The summed E-state index contributed by atoms with van der Waals surface area (Å²) < 4.78 is 2.21. The Kier molecular flexibility index (Phi) is 2.83. The summed E-state index contributed by atoms with van der Waals surface area (Å²) in [5.41, 5.74) is 2.46. The molecule has 0 N–H and O–H groups in total. The van der Waals surface area contributed by atoms with E-state index in [1.807, 2.05) is 12.1 Å². The predicted molar refractivity (Wildman–Crippen MR) is 66.4 cm³/mol. The number of allylic oxidation sites excluding steroid dienone is 1. The highest BCUT2D eigenvalue weighted by Crippen LogP contribution is 2.21. The zero-order valence-corrected chi connectivity index (χ0v) is 9.59. The first kappa shape index (κ1) is 10.3. The van der Waals surface area contributed by atoms with Crippen molar-refractivity contribution in [3.63, 3.8) is 0 Å². The molecule has 0 unspecified atom stereocenters. The lowest BCUT2D eigenvalue weighted by atomic mass is 10.2. The lowest BCUT2D eigenvalue weighted by Gasteiger charge is -2.06. The molecule has 78 valence electrons. The summed E-state index contributed by atoms with van der Waals surface area (Å²) in [4.78, 5) is 0. The van der Waals surface area contributed by atoms with Crippen molar-refractivity contribution in [2.45, 2.75) is 19.9 Å². The quantitative estimate of drug-likeness (QED) is 0.680. The van der Waals surface area contributed by atoms with Gasteiger partial charge in [0, 0.05) is 28.7 Å². The second-order valence-corrected chi connectivity index (χ2v) is 4.19. The van der Waals surface area contributed by atoms with E-state index in [0.29, 0.717) is 0 Å². The molecule has 0 saturated heterocycles. The van der Waals surface area contributed by atoms with Crippen LogP contribution in [-0.4, -0.2) is 4.57 Å². The van der Waals surface area contributed by atoms with Gasteiger partial charge in [0.2, 0.25) is 0 Å². The van der Waals surface area contributed by atoms with Crippen LogP contribution in [0.3, 0.4) is 0 Å². The Labute approximate surface area is 95.0 Å². The highest BCUT2D eigenvalue weighted by atomic mass is 35.5. The van der Waals surface area contributed by atoms with Gasteiger partial charge < -0.3 is 4.57 Å². The minimum atomic E-state index is 0.787. The van der Waals surface area contributed by atoms with Crippen LogP contribution in [0.1, 0.15) is 13.3 Å². The third kappa shape index (κ3) is 2.07. The zero-order valence-electron chi connectivity index (χ0n) is 8.83. The molecule has 1 heterocycles. The van der Waals surface area contributed by atoms with E-state index in [4.69, 9.17) is 11.6 Å². The van der Waals surface area contributed by atoms with Gasteiger partial charge in [0.1, 0.15) is 0 Å². The molecule has 0 fully saturated rings. The number of nitrogens with zero attached hydrogens (tertiary/aromatic N) is 1. The maximum absolute atomic E-state index is 5.93. The van der Waals surface area contributed by atoms with Gasteiger partial charge in [-0.3, -0.25) is 0 Å². The van der Waals surface area contributed by atoms with E-state index >= 15 is 0 Å². The number of hydrogen-bond acceptors (Lipinski definition) is 0. The molecular formula is C13H14ClN. The number of halogens is 1. The first-order chi connectivity index (χ1) is 7.20. The van der Waals surface area contributed by atoms with Crippen molar-refractivity contribution < 1.29 is 0 Å². The third-order valence-electron chi connectivity index (χ3n) is 2.63. The first-order valence-corrected chi connectivity index (χ1v) is 5.49. The molecule has 0 amide bonds. The minimum absolute atomic E-state index is 0.787. The molecule has 0 aliphatic heterocycles. The van der Waals surface area contributed by atoms with Crippen LogP contribution in [0.2, 0.25) is 5.02 Å². The molecule has 0 aliphatic carbocycles. The Bertz CT molecular complexity index is 496. The van der Waals surface area contributed by atoms with Crippen LogP contribution >= 0.6 is 11.6 Å². The Morgan fingerprint density at radius 2 is 2.20 bits per heavy atom. The summed E-state index contributed by atoms with van der Waals surface area (Å²) in [6.45, 7) is 7.05. The summed E-state index contributed by atoms with van der Waals surface area (Å²) in [7, 11) is 0. The van der Waals surface area contributed by atoms with E-state index in [9.17, 15) is 0 Å². The second kappa shape index (κ2) is 4.11. The van der Waals surface area contributed by atoms with Gasteiger partial charge in [-0.15, -0.1) is 0 Å². The highest BCUT2D eigenvalue weighted by Gasteiger charge is 2.01. The summed E-state index contributed by atoms with van der Waals surface area (Å²) in [5, 5.41) is 1.97. The van der Waals surface area contributed by atoms with Gasteiger partial charge in [-0.2, -0.15) is 0 Å². The largest absolute Gasteiger partial charge is 0.343 e. The van der Waals surface area contributed by atoms with E-state index in [2.05, 4.69) is 36.4 Å². The average molecular weight is 220 g/mol. The van der Waals surface area contributed by atoms with E-state index in [-0.39, 0.29) is 0 Å². The standard InChI is InChI=1S/C13H14ClN/c1-3-10(2)9-15-7-6-11-8-12(14)4-5-13(11)15/h4-8H,2-3,9H2,1H3. The van der Waals surface area contributed by atoms with Gasteiger partial charge in [-0.25, -0.2) is 0 Å². The SMILES string of the molecule is C=C(CC)Cn1ccc2cc(Cl)ccc21. The fourth-order valence-corrected chi connectivity index (χ4v) is 1.84. The molecule has 2 aromatic rings. The number of hydrogen-bond donors (Lipinski definition) is 0. The molecule has 0 radical (unpaired) electrons. The summed E-state index contributed by atoms with van der Waals surface area (Å²) in [6.07, 6.45) is 3.11. The van der Waals surface area contributed by atoms with E-state index in [1.165, 1.54) is 16.5 Å². The molecule has 2 rings (SSSR count). The average Bonchev–Trinajstić information content (AvgIpc) is 2.60. The molecule has 2 heteroatoms. The molecule has 1 aromatic heterocycles. The van der Waals surface area contributed by atoms with Crippen molar-refractivity contribution >= 4 is 22.5 Å². The van der Waals surface area contributed by atoms with Crippen molar-refractivity contribution in [2.75, 3.05) is 0 Å². The lowest BCUT2D eigenvalue weighted by Crippen LogP contribution is -1.97. The van der Waals surface area contributed by atoms with Crippen LogP contribution in [0.15, 0.2) is 42.6 Å². The molecule has 0 saturated carbocycles. The molecule has 0 atom stereocenters. The Balaban J connectivity index is 2.41. The predicted octanol–water partition coefficient (Wildman–Crippen LogP) is 4.26. The summed E-state index contributed by atoms with van der Waals surface area (Å²) in [5.74, 6) is 0. The molecule has 1 nitrogen and oxygen atoms in total. The van der Waals surface area contributed by atoms with Crippen LogP contribution in [-0.2, 0) is 6.54 Å². The van der Waals surface area contributed by atoms with Crippen molar-refractivity contribution in [3.8, 4) is 0 Å². The Morgan fingerprint density at radius 3 is 2.93 bits per heavy atom. The topological polar surface area (TPSA) is 4.93 Å². The molecular weight excluding hydrogens is 206 g/mol. The van der Waals surface area contributed by atoms with E-state index < -0.39 is 0 Å².